The number of anilines is 1. The zero-order valence-electron chi connectivity index (χ0n) is 11.1. The quantitative estimate of drug-likeness (QED) is 0.524. The molecule has 0 fully saturated rings. The molecule has 0 heterocycles. The Labute approximate surface area is 121 Å². The van der Waals surface area contributed by atoms with E-state index in [0.717, 1.165) is 0 Å². The van der Waals surface area contributed by atoms with E-state index in [-0.39, 0.29) is 11.5 Å². The summed E-state index contributed by atoms with van der Waals surface area (Å²) in [5.74, 6) is -0.692. The molecule has 0 aliphatic heterocycles. The summed E-state index contributed by atoms with van der Waals surface area (Å²) in [4.78, 5) is 23.2. The summed E-state index contributed by atoms with van der Waals surface area (Å²) >= 11 is 4.59. The molecule has 2 amide bonds. The van der Waals surface area contributed by atoms with Crippen molar-refractivity contribution in [1.82, 2.24) is 5.32 Å². The number of amides is 2. The van der Waals surface area contributed by atoms with Crippen LogP contribution in [0, 0.1) is 0 Å². The van der Waals surface area contributed by atoms with Crippen LogP contribution in [0.25, 0.3) is 0 Å². The van der Waals surface area contributed by atoms with Gasteiger partial charge in [0.05, 0.1) is 25.8 Å². The highest BCUT2D eigenvalue weighted by atomic mass is 32.1. The summed E-state index contributed by atoms with van der Waals surface area (Å²) in [5, 5.41) is 4.70. The summed E-state index contributed by atoms with van der Waals surface area (Å²) in [7, 11) is 2.96. The summed E-state index contributed by atoms with van der Waals surface area (Å²) in [6.45, 7) is -0.0387. The van der Waals surface area contributed by atoms with E-state index in [1.165, 1.54) is 14.2 Å². The van der Waals surface area contributed by atoms with Crippen molar-refractivity contribution in [1.29, 1.82) is 0 Å². The molecule has 0 aliphatic carbocycles. The van der Waals surface area contributed by atoms with Gasteiger partial charge in [0.25, 0.3) is 0 Å². The zero-order valence-corrected chi connectivity index (χ0v) is 11.9. The fourth-order valence-corrected chi connectivity index (χ4v) is 1.39. The number of nitrogens with two attached hydrogens (primary N) is 1. The number of benzene rings is 1. The molecule has 0 bridgehead atoms. The number of hydrogen-bond acceptors (Lipinski definition) is 5. The van der Waals surface area contributed by atoms with E-state index in [1.54, 1.807) is 18.2 Å². The smallest absolute Gasteiger partial charge is 0.313 e. The second-order valence-electron chi connectivity index (χ2n) is 3.70. The van der Waals surface area contributed by atoms with Crippen LogP contribution in [0.15, 0.2) is 18.2 Å². The van der Waals surface area contributed by atoms with Gasteiger partial charge in [-0.15, -0.1) is 0 Å². The van der Waals surface area contributed by atoms with Gasteiger partial charge in [-0.25, -0.2) is 0 Å². The molecule has 0 saturated heterocycles. The minimum atomic E-state index is -0.837. The molecule has 0 radical (unpaired) electrons. The predicted octanol–water partition coefficient (Wildman–Crippen LogP) is 0.0446. The third-order valence-corrected chi connectivity index (χ3v) is 2.38. The molecule has 1 rings (SSSR count). The van der Waals surface area contributed by atoms with Crippen molar-refractivity contribution in [3.8, 4) is 11.5 Å². The first-order valence-corrected chi connectivity index (χ1v) is 5.97. The van der Waals surface area contributed by atoms with Crippen LogP contribution in [0.2, 0.25) is 0 Å². The highest BCUT2D eigenvalue weighted by Gasteiger charge is 2.14. The van der Waals surface area contributed by atoms with Crippen LogP contribution in [-0.2, 0) is 9.59 Å². The van der Waals surface area contributed by atoms with E-state index in [0.29, 0.717) is 17.2 Å². The van der Waals surface area contributed by atoms with Crippen molar-refractivity contribution < 1.29 is 19.1 Å². The van der Waals surface area contributed by atoms with Crippen molar-refractivity contribution >= 4 is 34.7 Å². The molecule has 108 valence electrons. The van der Waals surface area contributed by atoms with Gasteiger partial charge in [0.2, 0.25) is 0 Å². The Kier molecular flexibility index (Phi) is 5.73. The number of nitrogens with one attached hydrogen (secondary N) is 2. The molecule has 7 nitrogen and oxygen atoms in total. The SMILES string of the molecule is COc1cc(NC(=O)C(=O)NCC(N)=S)cc(OC)c1. The number of carbonyl (C=O) groups excluding carboxylic acids is 2. The molecule has 8 heteroatoms. The Hall–Kier alpha value is -2.35. The van der Waals surface area contributed by atoms with Gasteiger partial charge in [0, 0.05) is 23.9 Å². The fraction of sp³-hybridized carbons (Fsp3) is 0.250. The number of rotatable bonds is 5. The second kappa shape index (κ2) is 7.29. The maximum Gasteiger partial charge on any atom is 0.313 e. The first-order chi connectivity index (χ1) is 9.46. The van der Waals surface area contributed by atoms with Gasteiger partial charge in [-0.2, -0.15) is 0 Å². The first kappa shape index (κ1) is 15.7. The van der Waals surface area contributed by atoms with Gasteiger partial charge in [0.1, 0.15) is 11.5 Å². The maximum atomic E-state index is 11.6. The van der Waals surface area contributed by atoms with Crippen molar-refractivity contribution in [3.05, 3.63) is 18.2 Å². The van der Waals surface area contributed by atoms with E-state index >= 15 is 0 Å². The molecule has 0 atom stereocenters. The zero-order chi connectivity index (χ0) is 15.1. The normalized spacial score (nSPS) is 9.50. The van der Waals surface area contributed by atoms with Crippen molar-refractivity contribution in [2.75, 3.05) is 26.1 Å². The van der Waals surface area contributed by atoms with E-state index in [9.17, 15) is 9.59 Å². The largest absolute Gasteiger partial charge is 0.497 e. The van der Waals surface area contributed by atoms with Crippen LogP contribution >= 0.6 is 12.2 Å². The van der Waals surface area contributed by atoms with Gasteiger partial charge in [-0.1, -0.05) is 12.2 Å². The van der Waals surface area contributed by atoms with Crippen LogP contribution in [-0.4, -0.2) is 37.6 Å². The number of ether oxygens (including phenoxy) is 2. The van der Waals surface area contributed by atoms with E-state index in [2.05, 4.69) is 22.9 Å². The third kappa shape index (κ3) is 4.73. The number of carbonyl (C=O) groups is 2. The topological polar surface area (TPSA) is 103 Å². The average molecular weight is 297 g/mol. The van der Waals surface area contributed by atoms with Gasteiger partial charge in [-0.05, 0) is 0 Å². The Bertz CT molecular complexity index is 511. The molecule has 4 N–H and O–H groups in total. The predicted molar refractivity (Wildman–Crippen MR) is 78.0 cm³/mol. The number of thiocarbonyl (C=S) groups is 1. The third-order valence-electron chi connectivity index (χ3n) is 2.24. The standard InChI is InChI=1S/C12H15N3O4S/c1-18-8-3-7(4-9(5-8)19-2)15-12(17)11(16)14-6-10(13)20/h3-5H,6H2,1-2H3,(H2,13,20)(H,14,16)(H,15,17). The summed E-state index contributed by atoms with van der Waals surface area (Å²) in [6, 6.07) is 4.76. The number of methoxy groups -OCH3 is 2. The molecule has 0 saturated carbocycles. The summed E-state index contributed by atoms with van der Waals surface area (Å²) in [5.41, 5.74) is 5.59. The second-order valence-corrected chi connectivity index (χ2v) is 4.23. The molecular weight excluding hydrogens is 282 g/mol. The van der Waals surface area contributed by atoms with E-state index in [1.807, 2.05) is 0 Å². The van der Waals surface area contributed by atoms with E-state index < -0.39 is 11.8 Å². The van der Waals surface area contributed by atoms with Crippen molar-refractivity contribution in [3.63, 3.8) is 0 Å². The van der Waals surface area contributed by atoms with Crippen LogP contribution in [0.5, 0.6) is 11.5 Å². The monoisotopic (exact) mass is 297 g/mol. The summed E-state index contributed by atoms with van der Waals surface area (Å²) < 4.78 is 10.1. The van der Waals surface area contributed by atoms with Gasteiger partial charge in [-0.3, -0.25) is 9.59 Å². The van der Waals surface area contributed by atoms with Crippen molar-refractivity contribution in [2.45, 2.75) is 0 Å². The molecule has 0 unspecified atom stereocenters. The van der Waals surface area contributed by atoms with Gasteiger partial charge in [0.15, 0.2) is 0 Å². The minimum absolute atomic E-state index is 0.0387. The highest BCUT2D eigenvalue weighted by Crippen LogP contribution is 2.25. The van der Waals surface area contributed by atoms with Crippen LogP contribution in [0.1, 0.15) is 0 Å². The molecule has 1 aromatic carbocycles. The molecular formula is C12H15N3O4S. The molecule has 20 heavy (non-hydrogen) atoms. The van der Waals surface area contributed by atoms with Crippen LogP contribution in [0.3, 0.4) is 0 Å². The number of hydrogen-bond donors (Lipinski definition) is 3. The maximum absolute atomic E-state index is 11.6. The molecule has 1 aromatic rings. The Morgan fingerprint density at radius 1 is 1.15 bits per heavy atom. The van der Waals surface area contributed by atoms with Gasteiger partial charge < -0.3 is 25.8 Å². The lowest BCUT2D eigenvalue weighted by Crippen LogP contribution is -2.39. The lowest BCUT2D eigenvalue weighted by Gasteiger charge is -2.09. The van der Waals surface area contributed by atoms with Crippen molar-refractivity contribution in [2.24, 2.45) is 5.73 Å². The minimum Gasteiger partial charge on any atom is -0.497 e. The fourth-order valence-electron chi connectivity index (χ4n) is 1.32. The van der Waals surface area contributed by atoms with Crippen LogP contribution in [0.4, 0.5) is 5.69 Å². The lowest BCUT2D eigenvalue weighted by molar-refractivity contribution is -0.135. The van der Waals surface area contributed by atoms with Crippen LogP contribution < -0.4 is 25.8 Å². The summed E-state index contributed by atoms with van der Waals surface area (Å²) in [6.07, 6.45) is 0. The molecule has 0 aromatic heterocycles. The highest BCUT2D eigenvalue weighted by molar-refractivity contribution is 7.80. The Morgan fingerprint density at radius 2 is 1.70 bits per heavy atom. The lowest BCUT2D eigenvalue weighted by atomic mass is 10.2. The average Bonchev–Trinajstić information content (AvgIpc) is 2.43. The van der Waals surface area contributed by atoms with E-state index in [4.69, 9.17) is 15.2 Å². The molecule has 0 aliphatic rings. The Balaban J connectivity index is 2.74. The van der Waals surface area contributed by atoms with Gasteiger partial charge >= 0.3 is 11.8 Å². The Morgan fingerprint density at radius 3 is 2.15 bits per heavy atom. The first-order valence-electron chi connectivity index (χ1n) is 5.56. The molecule has 0 spiro atoms.